The molecule has 0 spiro atoms. The number of nitrogens with zero attached hydrogens (tertiary/aromatic N) is 2. The Balaban J connectivity index is 1.56. The molecular formula is C19H18ClN3O2S2. The first-order chi connectivity index (χ1) is 13.1. The maximum atomic E-state index is 12.4. The molecule has 8 heteroatoms. The van der Waals surface area contributed by atoms with Gasteiger partial charge in [-0.15, -0.1) is 10.2 Å². The van der Waals surface area contributed by atoms with Crippen molar-refractivity contribution in [2.45, 2.75) is 23.4 Å². The van der Waals surface area contributed by atoms with Crippen molar-refractivity contribution in [2.24, 2.45) is 0 Å². The standard InChI is InChI=1S/C19H18ClN3O2S2/c1-2-10-25-16-5-3-4-14(11-16)17(24)21-18-22-23-19(27-18)26-12-13-6-8-15(20)9-7-13/h3-9,11H,2,10,12H2,1H3,(H,21,22,24). The van der Waals surface area contributed by atoms with E-state index in [9.17, 15) is 4.79 Å². The van der Waals surface area contributed by atoms with E-state index in [4.69, 9.17) is 16.3 Å². The number of aromatic nitrogens is 2. The van der Waals surface area contributed by atoms with Crippen molar-refractivity contribution in [1.82, 2.24) is 10.2 Å². The van der Waals surface area contributed by atoms with Gasteiger partial charge in [0.15, 0.2) is 4.34 Å². The molecule has 0 radical (unpaired) electrons. The summed E-state index contributed by atoms with van der Waals surface area (Å²) >= 11 is 8.80. The zero-order valence-electron chi connectivity index (χ0n) is 14.6. The molecule has 0 aliphatic rings. The van der Waals surface area contributed by atoms with Crippen molar-refractivity contribution in [3.63, 3.8) is 0 Å². The fraction of sp³-hybridized carbons (Fsp3) is 0.211. The van der Waals surface area contributed by atoms with Crippen LogP contribution in [0.15, 0.2) is 52.9 Å². The molecule has 5 nitrogen and oxygen atoms in total. The minimum Gasteiger partial charge on any atom is -0.494 e. The van der Waals surface area contributed by atoms with Crippen LogP contribution in [0.4, 0.5) is 5.13 Å². The Labute approximate surface area is 171 Å². The third kappa shape index (κ3) is 5.95. The van der Waals surface area contributed by atoms with Gasteiger partial charge in [-0.3, -0.25) is 10.1 Å². The van der Waals surface area contributed by atoms with Gasteiger partial charge in [0.2, 0.25) is 5.13 Å². The van der Waals surface area contributed by atoms with Crippen molar-refractivity contribution in [2.75, 3.05) is 11.9 Å². The summed E-state index contributed by atoms with van der Waals surface area (Å²) in [6, 6.07) is 14.8. The second-order valence-electron chi connectivity index (χ2n) is 5.62. The maximum Gasteiger partial charge on any atom is 0.257 e. The number of rotatable bonds is 8. The summed E-state index contributed by atoms with van der Waals surface area (Å²) in [4.78, 5) is 12.4. The van der Waals surface area contributed by atoms with E-state index in [0.29, 0.717) is 28.1 Å². The van der Waals surface area contributed by atoms with E-state index in [1.807, 2.05) is 37.3 Å². The molecule has 3 aromatic rings. The fourth-order valence-electron chi connectivity index (χ4n) is 2.16. The highest BCUT2D eigenvalue weighted by molar-refractivity contribution is 8.00. The summed E-state index contributed by atoms with van der Waals surface area (Å²) in [5.74, 6) is 1.21. The summed E-state index contributed by atoms with van der Waals surface area (Å²) in [5, 5.41) is 12.1. The van der Waals surface area contributed by atoms with Crippen molar-refractivity contribution in [3.8, 4) is 5.75 Å². The number of benzene rings is 2. The van der Waals surface area contributed by atoms with Crippen LogP contribution in [0.3, 0.4) is 0 Å². The average Bonchev–Trinajstić information content (AvgIpc) is 3.13. The van der Waals surface area contributed by atoms with Gasteiger partial charge in [0.1, 0.15) is 5.75 Å². The summed E-state index contributed by atoms with van der Waals surface area (Å²) < 4.78 is 6.36. The summed E-state index contributed by atoms with van der Waals surface area (Å²) in [6.45, 7) is 2.66. The molecule has 2 aromatic carbocycles. The first kappa shape index (κ1) is 19.7. The van der Waals surface area contributed by atoms with Crippen LogP contribution in [0.5, 0.6) is 5.75 Å². The number of carbonyl (C=O) groups is 1. The number of ether oxygens (including phenoxy) is 1. The number of amides is 1. The van der Waals surface area contributed by atoms with Gasteiger partial charge in [-0.25, -0.2) is 0 Å². The van der Waals surface area contributed by atoms with E-state index in [-0.39, 0.29) is 5.91 Å². The minimum absolute atomic E-state index is 0.234. The monoisotopic (exact) mass is 419 g/mol. The van der Waals surface area contributed by atoms with Crippen LogP contribution in [0.1, 0.15) is 29.3 Å². The Bertz CT molecular complexity index is 900. The Kier molecular flexibility index (Phi) is 7.09. The first-order valence-electron chi connectivity index (χ1n) is 8.39. The second kappa shape index (κ2) is 9.73. The Hall–Kier alpha value is -2.09. The van der Waals surface area contributed by atoms with Crippen molar-refractivity contribution in [1.29, 1.82) is 0 Å². The second-order valence-corrected chi connectivity index (χ2v) is 8.26. The number of carbonyl (C=O) groups excluding carboxylic acids is 1. The Morgan fingerprint density at radius 1 is 1.22 bits per heavy atom. The molecule has 3 rings (SSSR count). The number of hydrogen-bond acceptors (Lipinski definition) is 6. The van der Waals surface area contributed by atoms with Crippen molar-refractivity contribution in [3.05, 3.63) is 64.7 Å². The normalized spacial score (nSPS) is 10.6. The van der Waals surface area contributed by atoms with Gasteiger partial charge in [0, 0.05) is 16.3 Å². The van der Waals surface area contributed by atoms with Gasteiger partial charge in [0.25, 0.3) is 5.91 Å². The molecule has 0 unspecified atom stereocenters. The molecule has 140 valence electrons. The lowest BCUT2D eigenvalue weighted by Crippen LogP contribution is -2.11. The highest BCUT2D eigenvalue weighted by Crippen LogP contribution is 2.29. The van der Waals surface area contributed by atoms with Crippen molar-refractivity contribution < 1.29 is 9.53 Å². The van der Waals surface area contributed by atoms with Gasteiger partial charge in [-0.05, 0) is 42.3 Å². The van der Waals surface area contributed by atoms with Gasteiger partial charge >= 0.3 is 0 Å². The first-order valence-corrected chi connectivity index (χ1v) is 10.6. The molecule has 1 N–H and O–H groups in total. The largest absolute Gasteiger partial charge is 0.494 e. The molecule has 0 saturated heterocycles. The highest BCUT2D eigenvalue weighted by atomic mass is 35.5. The Morgan fingerprint density at radius 2 is 2.04 bits per heavy atom. The zero-order valence-corrected chi connectivity index (χ0v) is 17.0. The molecule has 1 amide bonds. The SMILES string of the molecule is CCCOc1cccc(C(=O)Nc2nnc(SCc3ccc(Cl)cc3)s2)c1. The maximum absolute atomic E-state index is 12.4. The highest BCUT2D eigenvalue weighted by Gasteiger charge is 2.11. The quantitative estimate of drug-likeness (QED) is 0.384. The van der Waals surface area contributed by atoms with Gasteiger partial charge in [-0.1, -0.05) is 59.8 Å². The molecule has 0 aliphatic carbocycles. The van der Waals surface area contributed by atoms with Crippen LogP contribution < -0.4 is 10.1 Å². The van der Waals surface area contributed by atoms with E-state index in [1.54, 1.807) is 30.0 Å². The van der Waals surface area contributed by atoms with Crippen LogP contribution in [-0.2, 0) is 5.75 Å². The number of halogens is 1. The fourth-order valence-corrected chi connectivity index (χ4v) is 3.99. The topological polar surface area (TPSA) is 64.1 Å². The van der Waals surface area contributed by atoms with E-state index in [2.05, 4.69) is 15.5 Å². The van der Waals surface area contributed by atoms with Gasteiger partial charge in [0.05, 0.1) is 6.61 Å². The third-order valence-electron chi connectivity index (χ3n) is 3.47. The summed E-state index contributed by atoms with van der Waals surface area (Å²) in [6.07, 6.45) is 0.914. The lowest BCUT2D eigenvalue weighted by molar-refractivity contribution is 0.102. The number of hydrogen-bond donors (Lipinski definition) is 1. The molecule has 1 aromatic heterocycles. The van der Waals surface area contributed by atoms with E-state index >= 15 is 0 Å². The van der Waals surface area contributed by atoms with Gasteiger partial charge in [-0.2, -0.15) is 0 Å². The summed E-state index contributed by atoms with van der Waals surface area (Å²) in [5.41, 5.74) is 1.67. The lowest BCUT2D eigenvalue weighted by Gasteiger charge is -2.06. The third-order valence-corrected chi connectivity index (χ3v) is 5.77. The number of thioether (sulfide) groups is 1. The molecule has 0 fully saturated rings. The molecular weight excluding hydrogens is 402 g/mol. The van der Waals surface area contributed by atoms with Gasteiger partial charge < -0.3 is 4.74 Å². The van der Waals surface area contributed by atoms with Crippen LogP contribution in [0.2, 0.25) is 5.02 Å². The lowest BCUT2D eigenvalue weighted by atomic mass is 10.2. The van der Waals surface area contributed by atoms with E-state index in [0.717, 1.165) is 22.1 Å². The predicted octanol–water partition coefficient (Wildman–Crippen LogP) is 5.52. The molecule has 0 bridgehead atoms. The molecule has 0 aliphatic heterocycles. The molecule has 27 heavy (non-hydrogen) atoms. The zero-order chi connectivity index (χ0) is 19.1. The van der Waals surface area contributed by atoms with Crippen LogP contribution in [0, 0.1) is 0 Å². The average molecular weight is 420 g/mol. The van der Waals surface area contributed by atoms with Crippen LogP contribution >= 0.6 is 34.7 Å². The van der Waals surface area contributed by atoms with Crippen LogP contribution in [0.25, 0.3) is 0 Å². The summed E-state index contributed by atoms with van der Waals surface area (Å²) in [7, 11) is 0. The molecule has 0 saturated carbocycles. The predicted molar refractivity (Wildman–Crippen MR) is 111 cm³/mol. The van der Waals surface area contributed by atoms with Crippen molar-refractivity contribution >= 4 is 45.7 Å². The smallest absolute Gasteiger partial charge is 0.257 e. The van der Waals surface area contributed by atoms with E-state index < -0.39 is 0 Å². The van der Waals surface area contributed by atoms with E-state index in [1.165, 1.54) is 11.3 Å². The number of anilines is 1. The molecule has 1 heterocycles. The van der Waals surface area contributed by atoms with Crippen LogP contribution in [-0.4, -0.2) is 22.7 Å². The minimum atomic E-state index is -0.234. The Morgan fingerprint density at radius 3 is 2.81 bits per heavy atom. The number of nitrogens with one attached hydrogen (secondary N) is 1. The molecule has 0 atom stereocenters.